The second kappa shape index (κ2) is 5.18. The molecule has 0 fully saturated rings. The highest BCUT2D eigenvalue weighted by molar-refractivity contribution is 7.90. The summed E-state index contributed by atoms with van der Waals surface area (Å²) in [6, 6.07) is 4.38. The van der Waals surface area contributed by atoms with Crippen LogP contribution in [0.4, 0.5) is 0 Å². The molecule has 0 radical (unpaired) electrons. The highest BCUT2D eigenvalue weighted by Gasteiger charge is 2.16. The lowest BCUT2D eigenvalue weighted by Gasteiger charge is -2.09. The third-order valence-electron chi connectivity index (χ3n) is 2.24. The molecule has 1 aromatic carbocycles. The molecule has 0 aliphatic rings. The van der Waals surface area contributed by atoms with Crippen LogP contribution in [-0.4, -0.2) is 37.7 Å². The molecule has 0 aliphatic heterocycles. The average Bonchev–Trinajstić information content (AvgIpc) is 2.27. The number of hydrogen-bond acceptors (Lipinski definition) is 4. The molecule has 0 aliphatic carbocycles. The lowest BCUT2D eigenvalue weighted by atomic mass is 10.2. The Morgan fingerprint density at radius 3 is 2.44 bits per heavy atom. The molecule has 0 saturated carbocycles. The van der Waals surface area contributed by atoms with Crippen molar-refractivity contribution in [1.29, 1.82) is 0 Å². The third kappa shape index (κ3) is 3.56. The van der Waals surface area contributed by atoms with Crippen molar-refractivity contribution >= 4 is 21.7 Å². The topological polar surface area (TPSA) is 101 Å². The van der Waals surface area contributed by atoms with E-state index in [1.54, 1.807) is 0 Å². The van der Waals surface area contributed by atoms with Gasteiger partial charge in [0.1, 0.15) is 6.04 Å². The van der Waals surface area contributed by atoms with Crippen LogP contribution in [0.2, 0.25) is 0 Å². The van der Waals surface area contributed by atoms with Gasteiger partial charge in [-0.1, -0.05) is 6.07 Å². The average molecular weight is 271 g/mol. The molecule has 0 aromatic heterocycles. The van der Waals surface area contributed by atoms with Gasteiger partial charge < -0.3 is 10.4 Å². The number of rotatable bonds is 4. The van der Waals surface area contributed by atoms with Crippen LogP contribution in [0.15, 0.2) is 29.2 Å². The summed E-state index contributed by atoms with van der Waals surface area (Å²) in [6.07, 6.45) is 1.03. The van der Waals surface area contributed by atoms with Gasteiger partial charge in [0, 0.05) is 11.8 Å². The van der Waals surface area contributed by atoms with Gasteiger partial charge in [0.15, 0.2) is 9.84 Å². The van der Waals surface area contributed by atoms with Crippen LogP contribution in [0.1, 0.15) is 17.3 Å². The van der Waals surface area contributed by atoms with E-state index in [0.29, 0.717) is 0 Å². The van der Waals surface area contributed by atoms with Gasteiger partial charge in [0.2, 0.25) is 0 Å². The number of carboxylic acids is 1. The zero-order valence-electron chi connectivity index (χ0n) is 9.88. The van der Waals surface area contributed by atoms with Crippen molar-refractivity contribution in [2.75, 3.05) is 6.26 Å². The summed E-state index contributed by atoms with van der Waals surface area (Å²) in [5.74, 6) is -1.79. The van der Waals surface area contributed by atoms with E-state index < -0.39 is 27.8 Å². The quantitative estimate of drug-likeness (QED) is 0.820. The van der Waals surface area contributed by atoms with Crippen LogP contribution in [0.5, 0.6) is 0 Å². The molecule has 98 valence electrons. The minimum Gasteiger partial charge on any atom is -0.480 e. The van der Waals surface area contributed by atoms with E-state index >= 15 is 0 Å². The smallest absolute Gasteiger partial charge is 0.325 e. The van der Waals surface area contributed by atoms with Crippen LogP contribution in [0.3, 0.4) is 0 Å². The first-order chi connectivity index (χ1) is 8.21. The molecule has 0 saturated heterocycles. The van der Waals surface area contributed by atoms with E-state index in [2.05, 4.69) is 5.32 Å². The minimum absolute atomic E-state index is 0.0122. The van der Waals surface area contributed by atoms with Crippen molar-refractivity contribution in [2.24, 2.45) is 0 Å². The van der Waals surface area contributed by atoms with Crippen LogP contribution < -0.4 is 5.32 Å². The molecule has 1 rings (SSSR count). The first-order valence-corrected chi connectivity index (χ1v) is 6.95. The lowest BCUT2D eigenvalue weighted by Crippen LogP contribution is -2.38. The second-order valence-electron chi connectivity index (χ2n) is 3.83. The lowest BCUT2D eigenvalue weighted by molar-refractivity contribution is -0.138. The SMILES string of the molecule is CC(NC(=O)c1cccc(S(C)(=O)=O)c1)C(=O)O. The Morgan fingerprint density at radius 2 is 1.94 bits per heavy atom. The molecule has 1 amide bonds. The Kier molecular flexibility index (Phi) is 4.07. The van der Waals surface area contributed by atoms with Crippen molar-refractivity contribution < 1.29 is 23.1 Å². The zero-order valence-corrected chi connectivity index (χ0v) is 10.7. The highest BCUT2D eigenvalue weighted by atomic mass is 32.2. The summed E-state index contributed by atoms with van der Waals surface area (Å²) < 4.78 is 22.6. The molecule has 1 atom stereocenters. The first-order valence-electron chi connectivity index (χ1n) is 5.05. The van der Waals surface area contributed by atoms with Crippen LogP contribution >= 0.6 is 0 Å². The summed E-state index contributed by atoms with van der Waals surface area (Å²) in [5.41, 5.74) is 0.103. The summed E-state index contributed by atoms with van der Waals surface area (Å²) >= 11 is 0. The Labute approximate surface area is 105 Å². The Morgan fingerprint density at radius 1 is 1.33 bits per heavy atom. The van der Waals surface area contributed by atoms with Gasteiger partial charge in [-0.3, -0.25) is 9.59 Å². The molecule has 18 heavy (non-hydrogen) atoms. The highest BCUT2D eigenvalue weighted by Crippen LogP contribution is 2.11. The van der Waals surface area contributed by atoms with Gasteiger partial charge in [-0.2, -0.15) is 0 Å². The van der Waals surface area contributed by atoms with E-state index in [4.69, 9.17) is 5.11 Å². The molecular weight excluding hydrogens is 258 g/mol. The number of hydrogen-bond donors (Lipinski definition) is 2. The molecule has 1 aromatic rings. The predicted octanol–water partition coefficient (Wildman–Crippen LogP) is 0.293. The van der Waals surface area contributed by atoms with Crippen molar-refractivity contribution in [3.05, 3.63) is 29.8 Å². The molecule has 1 unspecified atom stereocenters. The van der Waals surface area contributed by atoms with Crippen LogP contribution in [-0.2, 0) is 14.6 Å². The number of nitrogens with one attached hydrogen (secondary N) is 1. The van der Waals surface area contributed by atoms with E-state index in [1.165, 1.54) is 31.2 Å². The summed E-state index contributed by atoms with van der Waals surface area (Å²) in [6.45, 7) is 1.32. The van der Waals surface area contributed by atoms with Crippen LogP contribution in [0.25, 0.3) is 0 Å². The van der Waals surface area contributed by atoms with Crippen molar-refractivity contribution in [2.45, 2.75) is 17.9 Å². The third-order valence-corrected chi connectivity index (χ3v) is 3.35. The van der Waals surface area contributed by atoms with Gasteiger partial charge >= 0.3 is 5.97 Å². The molecule has 0 heterocycles. The van der Waals surface area contributed by atoms with E-state index in [-0.39, 0.29) is 10.5 Å². The number of carboxylic acid groups (broad SMARTS) is 1. The van der Waals surface area contributed by atoms with Crippen molar-refractivity contribution in [3.63, 3.8) is 0 Å². The van der Waals surface area contributed by atoms with E-state index in [9.17, 15) is 18.0 Å². The predicted molar refractivity (Wildman–Crippen MR) is 64.1 cm³/mol. The Hall–Kier alpha value is -1.89. The zero-order chi connectivity index (χ0) is 13.9. The number of aliphatic carboxylic acids is 1. The maximum Gasteiger partial charge on any atom is 0.325 e. The minimum atomic E-state index is -3.40. The standard InChI is InChI=1S/C11H13NO5S/c1-7(11(14)15)12-10(13)8-4-3-5-9(6-8)18(2,16)17/h3-7H,1-2H3,(H,12,13)(H,14,15). The van der Waals surface area contributed by atoms with Gasteiger partial charge in [0.25, 0.3) is 5.91 Å². The van der Waals surface area contributed by atoms with Crippen LogP contribution in [0, 0.1) is 0 Å². The largest absolute Gasteiger partial charge is 0.480 e. The fraction of sp³-hybridized carbons (Fsp3) is 0.273. The molecule has 6 nitrogen and oxygen atoms in total. The number of sulfone groups is 1. The normalized spacial score (nSPS) is 12.8. The molecule has 2 N–H and O–H groups in total. The number of carbonyl (C=O) groups is 2. The van der Waals surface area contributed by atoms with Gasteiger partial charge in [-0.25, -0.2) is 8.42 Å². The maximum absolute atomic E-state index is 11.7. The summed E-state index contributed by atoms with van der Waals surface area (Å²) in [5, 5.41) is 10.9. The molecule has 0 bridgehead atoms. The summed E-state index contributed by atoms with van der Waals surface area (Å²) in [4.78, 5) is 22.3. The van der Waals surface area contributed by atoms with Gasteiger partial charge in [0.05, 0.1) is 4.90 Å². The molecule has 7 heteroatoms. The first kappa shape index (κ1) is 14.2. The fourth-order valence-electron chi connectivity index (χ4n) is 1.21. The summed E-state index contributed by atoms with van der Waals surface area (Å²) in [7, 11) is -3.40. The maximum atomic E-state index is 11.7. The monoisotopic (exact) mass is 271 g/mol. The van der Waals surface area contributed by atoms with E-state index in [0.717, 1.165) is 6.26 Å². The number of benzene rings is 1. The Bertz CT molecular complexity index is 579. The molecular formula is C11H13NO5S. The number of amides is 1. The van der Waals surface area contributed by atoms with Crippen molar-refractivity contribution in [3.8, 4) is 0 Å². The van der Waals surface area contributed by atoms with Gasteiger partial charge in [-0.15, -0.1) is 0 Å². The van der Waals surface area contributed by atoms with Gasteiger partial charge in [-0.05, 0) is 25.1 Å². The second-order valence-corrected chi connectivity index (χ2v) is 5.85. The van der Waals surface area contributed by atoms with Crippen molar-refractivity contribution in [1.82, 2.24) is 5.32 Å². The fourth-order valence-corrected chi connectivity index (χ4v) is 1.88. The van der Waals surface area contributed by atoms with E-state index in [1.807, 2.05) is 0 Å². The molecule has 0 spiro atoms. The Balaban J connectivity index is 2.98. The number of carbonyl (C=O) groups excluding carboxylic acids is 1.